The van der Waals surface area contributed by atoms with Crippen LogP contribution in [0.25, 0.3) is 0 Å². The standard InChI is InChI=1S/C21H21N5O2/c22-15-16-4-6-17(7-5-16)24-19(27)21(8-9-21)20(28)26-13-11-25(12-14-26)18-3-1-2-10-23-18/h1-7,10H,8-9,11-14H2,(H,24,27). The van der Waals surface area contributed by atoms with E-state index in [0.717, 1.165) is 5.82 Å². The van der Waals surface area contributed by atoms with Crippen molar-refractivity contribution in [1.82, 2.24) is 9.88 Å². The first-order valence-electron chi connectivity index (χ1n) is 9.39. The van der Waals surface area contributed by atoms with Gasteiger partial charge in [0.2, 0.25) is 11.8 Å². The molecule has 2 fully saturated rings. The summed E-state index contributed by atoms with van der Waals surface area (Å²) in [4.78, 5) is 34.1. The van der Waals surface area contributed by atoms with Gasteiger partial charge < -0.3 is 15.1 Å². The number of amides is 2. The zero-order chi connectivity index (χ0) is 19.6. The van der Waals surface area contributed by atoms with E-state index < -0.39 is 5.41 Å². The number of benzene rings is 1. The second-order valence-corrected chi connectivity index (χ2v) is 7.19. The lowest BCUT2D eigenvalue weighted by Gasteiger charge is -2.36. The van der Waals surface area contributed by atoms with Gasteiger partial charge in [-0.15, -0.1) is 0 Å². The maximum atomic E-state index is 13.0. The summed E-state index contributed by atoms with van der Waals surface area (Å²) in [6.45, 7) is 2.58. The minimum atomic E-state index is -0.943. The Bertz CT molecular complexity index is 908. The highest BCUT2D eigenvalue weighted by molar-refractivity contribution is 6.13. The van der Waals surface area contributed by atoms with Crippen molar-refractivity contribution in [2.24, 2.45) is 5.41 Å². The molecule has 2 heterocycles. The molecule has 2 aromatic rings. The highest BCUT2D eigenvalue weighted by Gasteiger charge is 2.58. The molecule has 4 rings (SSSR count). The summed E-state index contributed by atoms with van der Waals surface area (Å²) in [6.07, 6.45) is 2.92. The van der Waals surface area contributed by atoms with Crippen molar-refractivity contribution < 1.29 is 9.59 Å². The number of nitrogens with zero attached hydrogens (tertiary/aromatic N) is 4. The van der Waals surface area contributed by atoms with E-state index in [1.54, 1.807) is 35.4 Å². The monoisotopic (exact) mass is 375 g/mol. The van der Waals surface area contributed by atoms with Gasteiger partial charge in [0, 0.05) is 38.1 Å². The molecule has 1 aliphatic heterocycles. The molecule has 1 aromatic heterocycles. The molecule has 7 heteroatoms. The third-order valence-corrected chi connectivity index (χ3v) is 5.41. The fourth-order valence-corrected chi connectivity index (χ4v) is 3.52. The molecule has 0 bridgehead atoms. The van der Waals surface area contributed by atoms with E-state index in [1.807, 2.05) is 24.3 Å². The summed E-state index contributed by atoms with van der Waals surface area (Å²) in [6, 6.07) is 14.5. The maximum absolute atomic E-state index is 13.0. The molecule has 1 aliphatic carbocycles. The number of hydrogen-bond acceptors (Lipinski definition) is 5. The number of carbonyl (C=O) groups excluding carboxylic acids is 2. The van der Waals surface area contributed by atoms with Crippen LogP contribution in [0.4, 0.5) is 11.5 Å². The van der Waals surface area contributed by atoms with E-state index in [0.29, 0.717) is 50.3 Å². The van der Waals surface area contributed by atoms with Gasteiger partial charge in [-0.05, 0) is 49.2 Å². The highest BCUT2D eigenvalue weighted by atomic mass is 16.2. The largest absolute Gasteiger partial charge is 0.353 e. The second kappa shape index (κ2) is 7.31. The van der Waals surface area contributed by atoms with Crippen LogP contribution in [0.3, 0.4) is 0 Å². The third-order valence-electron chi connectivity index (χ3n) is 5.41. The maximum Gasteiger partial charge on any atom is 0.240 e. The van der Waals surface area contributed by atoms with E-state index >= 15 is 0 Å². The zero-order valence-electron chi connectivity index (χ0n) is 15.5. The summed E-state index contributed by atoms with van der Waals surface area (Å²) < 4.78 is 0. The van der Waals surface area contributed by atoms with Gasteiger partial charge in [-0.1, -0.05) is 6.07 Å². The molecule has 142 valence electrons. The van der Waals surface area contributed by atoms with Gasteiger partial charge in [0.25, 0.3) is 0 Å². The Hall–Kier alpha value is -3.40. The Morgan fingerprint density at radius 1 is 1.04 bits per heavy atom. The lowest BCUT2D eigenvalue weighted by Crippen LogP contribution is -2.52. The summed E-state index contributed by atoms with van der Waals surface area (Å²) in [5, 5.41) is 11.7. The number of piperazine rings is 1. The SMILES string of the molecule is N#Cc1ccc(NC(=O)C2(C(=O)N3CCN(c4ccccn4)CC3)CC2)cc1. The molecule has 1 saturated carbocycles. The average molecular weight is 375 g/mol. The Morgan fingerprint density at radius 3 is 2.32 bits per heavy atom. The van der Waals surface area contributed by atoms with Crippen molar-refractivity contribution in [1.29, 1.82) is 5.26 Å². The fraction of sp³-hybridized carbons (Fsp3) is 0.333. The highest BCUT2D eigenvalue weighted by Crippen LogP contribution is 2.48. The van der Waals surface area contributed by atoms with Gasteiger partial charge in [-0.2, -0.15) is 5.26 Å². The van der Waals surface area contributed by atoms with Gasteiger partial charge in [-0.25, -0.2) is 4.98 Å². The average Bonchev–Trinajstić information content (AvgIpc) is 3.57. The van der Waals surface area contributed by atoms with Crippen LogP contribution in [-0.2, 0) is 9.59 Å². The number of aromatic nitrogens is 1. The van der Waals surface area contributed by atoms with Crippen molar-refractivity contribution >= 4 is 23.3 Å². The minimum absolute atomic E-state index is 0.0840. The summed E-state index contributed by atoms with van der Waals surface area (Å²) in [7, 11) is 0. The predicted molar refractivity (Wildman–Crippen MR) is 104 cm³/mol. The van der Waals surface area contributed by atoms with Gasteiger partial charge in [0.1, 0.15) is 11.2 Å². The lowest BCUT2D eigenvalue weighted by atomic mass is 10.0. The predicted octanol–water partition coefficient (Wildman–Crippen LogP) is 2.02. The van der Waals surface area contributed by atoms with Crippen LogP contribution in [0.5, 0.6) is 0 Å². The number of rotatable bonds is 4. The molecule has 1 saturated heterocycles. The van der Waals surface area contributed by atoms with E-state index in [2.05, 4.69) is 15.2 Å². The quantitative estimate of drug-likeness (QED) is 0.826. The van der Waals surface area contributed by atoms with Crippen molar-refractivity contribution in [3.8, 4) is 6.07 Å². The van der Waals surface area contributed by atoms with Crippen molar-refractivity contribution in [2.75, 3.05) is 36.4 Å². The smallest absolute Gasteiger partial charge is 0.240 e. The fourth-order valence-electron chi connectivity index (χ4n) is 3.52. The van der Waals surface area contributed by atoms with Crippen molar-refractivity contribution in [3.63, 3.8) is 0 Å². The molecule has 0 radical (unpaired) electrons. The lowest BCUT2D eigenvalue weighted by molar-refractivity contribution is -0.142. The normalized spacial score (nSPS) is 17.5. The third kappa shape index (κ3) is 3.41. The van der Waals surface area contributed by atoms with Crippen LogP contribution in [0.1, 0.15) is 18.4 Å². The molecule has 1 aromatic carbocycles. The molecule has 7 nitrogen and oxygen atoms in total. The Kier molecular flexibility index (Phi) is 4.70. The molecule has 0 spiro atoms. The molecular weight excluding hydrogens is 354 g/mol. The number of anilines is 2. The van der Waals surface area contributed by atoms with E-state index in [9.17, 15) is 9.59 Å². The molecule has 0 unspecified atom stereocenters. The number of nitrogens with one attached hydrogen (secondary N) is 1. The second-order valence-electron chi connectivity index (χ2n) is 7.19. The van der Waals surface area contributed by atoms with Gasteiger partial charge >= 0.3 is 0 Å². The van der Waals surface area contributed by atoms with E-state index in [1.165, 1.54) is 0 Å². The van der Waals surface area contributed by atoms with E-state index in [-0.39, 0.29) is 11.8 Å². The number of nitriles is 1. The number of hydrogen-bond donors (Lipinski definition) is 1. The van der Waals surface area contributed by atoms with E-state index in [4.69, 9.17) is 5.26 Å². The molecule has 2 amide bonds. The van der Waals surface area contributed by atoms with Gasteiger partial charge in [-0.3, -0.25) is 9.59 Å². The topological polar surface area (TPSA) is 89.3 Å². The first-order chi connectivity index (χ1) is 13.6. The summed E-state index contributed by atoms with van der Waals surface area (Å²) >= 11 is 0. The van der Waals surface area contributed by atoms with Crippen LogP contribution < -0.4 is 10.2 Å². The van der Waals surface area contributed by atoms with Gasteiger partial charge in [0.05, 0.1) is 11.6 Å². The van der Waals surface area contributed by atoms with Crippen LogP contribution >= 0.6 is 0 Å². The van der Waals surface area contributed by atoms with Crippen LogP contribution in [0.2, 0.25) is 0 Å². The Morgan fingerprint density at radius 2 is 1.75 bits per heavy atom. The zero-order valence-corrected chi connectivity index (χ0v) is 15.5. The molecule has 0 atom stereocenters. The molecule has 2 aliphatic rings. The van der Waals surface area contributed by atoms with Crippen molar-refractivity contribution in [2.45, 2.75) is 12.8 Å². The Labute approximate surface area is 163 Å². The summed E-state index contributed by atoms with van der Waals surface area (Å²) in [5.41, 5.74) is 0.185. The molecule has 1 N–H and O–H groups in total. The van der Waals surface area contributed by atoms with Crippen LogP contribution in [0.15, 0.2) is 48.7 Å². The van der Waals surface area contributed by atoms with Gasteiger partial charge in [0.15, 0.2) is 0 Å². The van der Waals surface area contributed by atoms with Crippen molar-refractivity contribution in [3.05, 3.63) is 54.2 Å². The Balaban J connectivity index is 1.37. The molecule has 28 heavy (non-hydrogen) atoms. The molecular formula is C21H21N5O2. The first-order valence-corrected chi connectivity index (χ1v) is 9.39. The number of pyridine rings is 1. The first kappa shape index (κ1) is 18.0. The summed E-state index contributed by atoms with van der Waals surface area (Å²) in [5.74, 6) is 0.572. The minimum Gasteiger partial charge on any atom is -0.353 e. The van der Waals surface area contributed by atoms with Crippen LogP contribution in [0, 0.1) is 16.7 Å². The van der Waals surface area contributed by atoms with Crippen LogP contribution in [-0.4, -0.2) is 47.9 Å². The number of carbonyl (C=O) groups is 2.